The van der Waals surface area contributed by atoms with Crippen molar-refractivity contribution in [1.29, 1.82) is 5.41 Å². The zero-order valence-electron chi connectivity index (χ0n) is 19.3. The summed E-state index contributed by atoms with van der Waals surface area (Å²) in [6, 6.07) is 19.3. The minimum atomic E-state index is -3.60. The predicted molar refractivity (Wildman–Crippen MR) is 141 cm³/mol. The van der Waals surface area contributed by atoms with E-state index in [0.717, 1.165) is 39.4 Å². The number of carbonyl (C=O) groups excluding carboxylic acids is 1. The molecule has 1 N–H and O–H groups in total. The molecule has 36 heavy (non-hydrogen) atoms. The number of methoxy groups -OCH3 is 1. The van der Waals surface area contributed by atoms with E-state index in [9.17, 15) is 13.2 Å². The Balaban J connectivity index is 1.40. The van der Waals surface area contributed by atoms with E-state index in [2.05, 4.69) is 10.1 Å². The van der Waals surface area contributed by atoms with Gasteiger partial charge in [-0.05, 0) is 51.9 Å². The molecule has 0 radical (unpaired) electrons. The smallest absolute Gasteiger partial charge is 0.283 e. The number of hydrogen-bond acceptors (Lipinski definition) is 8. The van der Waals surface area contributed by atoms with Crippen molar-refractivity contribution in [2.75, 3.05) is 13.4 Å². The molecule has 2 aliphatic heterocycles. The summed E-state index contributed by atoms with van der Waals surface area (Å²) in [5.74, 6) is 0.0688. The highest BCUT2D eigenvalue weighted by Gasteiger charge is 2.38. The fraction of sp³-hybridized carbons (Fsp3) is 0.120. The van der Waals surface area contributed by atoms with E-state index in [-0.39, 0.29) is 21.0 Å². The molecule has 0 bridgehead atoms. The number of thioether (sulfide) groups is 1. The van der Waals surface area contributed by atoms with E-state index >= 15 is 0 Å². The first kappa shape index (κ1) is 23.8. The number of nitrogens with one attached hydrogen (secondary N) is 1. The first-order valence-corrected chi connectivity index (χ1v) is 13.4. The summed E-state index contributed by atoms with van der Waals surface area (Å²) in [6.45, 7) is 0.339. The summed E-state index contributed by atoms with van der Waals surface area (Å²) in [5.41, 5.74) is 1.59. The Kier molecular flexibility index (Phi) is 6.10. The van der Waals surface area contributed by atoms with E-state index in [0.29, 0.717) is 23.7 Å². The van der Waals surface area contributed by atoms with Crippen molar-refractivity contribution in [2.24, 2.45) is 10.1 Å². The lowest BCUT2D eigenvalue weighted by molar-refractivity contribution is -0.114. The number of benzene rings is 3. The maximum absolute atomic E-state index is 12.6. The van der Waals surface area contributed by atoms with Crippen LogP contribution in [0.15, 0.2) is 76.3 Å². The van der Waals surface area contributed by atoms with Crippen LogP contribution in [0.3, 0.4) is 0 Å². The fourth-order valence-electron chi connectivity index (χ4n) is 3.76. The van der Waals surface area contributed by atoms with Gasteiger partial charge in [-0.1, -0.05) is 48.5 Å². The average molecular weight is 521 g/mol. The second-order valence-corrected chi connectivity index (χ2v) is 11.1. The largest absolute Gasteiger partial charge is 0.493 e. The monoisotopic (exact) mass is 520 g/mol. The van der Waals surface area contributed by atoms with E-state index in [1.165, 1.54) is 13.2 Å². The van der Waals surface area contributed by atoms with Crippen molar-refractivity contribution in [1.82, 2.24) is 5.01 Å². The molecule has 0 aliphatic carbocycles. The molecule has 182 valence electrons. The van der Waals surface area contributed by atoms with Gasteiger partial charge in [-0.25, -0.2) is 8.42 Å². The van der Waals surface area contributed by atoms with E-state index < -0.39 is 15.7 Å². The third-order valence-electron chi connectivity index (χ3n) is 5.51. The van der Waals surface area contributed by atoms with Gasteiger partial charge in [0.2, 0.25) is 19.4 Å². The van der Waals surface area contributed by atoms with Crippen LogP contribution >= 0.6 is 11.8 Å². The van der Waals surface area contributed by atoms with Crippen LogP contribution in [0.5, 0.6) is 11.5 Å². The second-order valence-electron chi connectivity index (χ2n) is 8.00. The normalized spacial score (nSPS) is 16.7. The maximum atomic E-state index is 12.6. The van der Waals surface area contributed by atoms with E-state index in [1.807, 2.05) is 42.5 Å². The molecule has 0 atom stereocenters. The molecule has 0 saturated heterocycles. The van der Waals surface area contributed by atoms with Gasteiger partial charge in [-0.2, -0.15) is 10.0 Å². The van der Waals surface area contributed by atoms with Gasteiger partial charge in [-0.3, -0.25) is 10.2 Å². The molecular formula is C25H20N4O5S2. The first-order valence-electron chi connectivity index (χ1n) is 10.7. The van der Waals surface area contributed by atoms with Crippen molar-refractivity contribution < 1.29 is 22.7 Å². The number of amides is 1. The molecule has 9 nitrogen and oxygen atoms in total. The maximum Gasteiger partial charge on any atom is 0.283 e. The number of aliphatic imine (C=N–C) groups is 1. The molecule has 0 saturated carbocycles. The molecule has 0 unspecified atom stereocenters. The van der Waals surface area contributed by atoms with Gasteiger partial charge in [-0.15, -0.1) is 5.10 Å². The van der Waals surface area contributed by atoms with Gasteiger partial charge in [0, 0.05) is 6.26 Å². The molecule has 2 aliphatic rings. The summed E-state index contributed by atoms with van der Waals surface area (Å²) < 4.78 is 35.0. The van der Waals surface area contributed by atoms with Gasteiger partial charge in [0.25, 0.3) is 5.91 Å². The summed E-state index contributed by atoms with van der Waals surface area (Å²) in [4.78, 5) is 16.5. The summed E-state index contributed by atoms with van der Waals surface area (Å²) in [7, 11) is -2.08. The molecule has 0 spiro atoms. The van der Waals surface area contributed by atoms with Gasteiger partial charge < -0.3 is 9.47 Å². The molecule has 3 aromatic rings. The van der Waals surface area contributed by atoms with Crippen LogP contribution in [0.2, 0.25) is 0 Å². The Morgan fingerprint density at radius 2 is 1.86 bits per heavy atom. The van der Waals surface area contributed by atoms with Crippen molar-refractivity contribution in [3.05, 3.63) is 77.4 Å². The number of ether oxygens (including phenoxy) is 2. The Bertz CT molecular complexity index is 1620. The molecule has 3 aromatic carbocycles. The Labute approximate surface area is 211 Å². The highest BCUT2D eigenvalue weighted by molar-refractivity contribution is 8.42. The quantitative estimate of drug-likeness (QED) is 0.504. The predicted octanol–water partition coefficient (Wildman–Crippen LogP) is 4.05. The molecule has 0 fully saturated rings. The van der Waals surface area contributed by atoms with Crippen LogP contribution in [0.1, 0.15) is 11.1 Å². The molecule has 11 heteroatoms. The highest BCUT2D eigenvalue weighted by Crippen LogP contribution is 2.33. The van der Waals surface area contributed by atoms with Crippen molar-refractivity contribution >= 4 is 59.7 Å². The van der Waals surface area contributed by atoms with E-state index in [1.54, 1.807) is 18.2 Å². The van der Waals surface area contributed by atoms with Crippen molar-refractivity contribution in [3.63, 3.8) is 0 Å². The number of hydrazone groups is 1. The molecule has 5 rings (SSSR count). The van der Waals surface area contributed by atoms with Crippen LogP contribution in [-0.4, -0.2) is 48.1 Å². The minimum Gasteiger partial charge on any atom is -0.493 e. The highest BCUT2D eigenvalue weighted by atomic mass is 32.3. The minimum absolute atomic E-state index is 0.0238. The van der Waals surface area contributed by atoms with Crippen molar-refractivity contribution in [3.8, 4) is 11.5 Å². The lowest BCUT2D eigenvalue weighted by atomic mass is 10.1. The second kappa shape index (κ2) is 9.25. The van der Waals surface area contributed by atoms with Gasteiger partial charge in [0.15, 0.2) is 17.3 Å². The molecular weight excluding hydrogens is 500 g/mol. The lowest BCUT2D eigenvalue weighted by Crippen LogP contribution is -2.35. The average Bonchev–Trinajstić information content (AvgIpc) is 3.30. The van der Waals surface area contributed by atoms with Gasteiger partial charge >= 0.3 is 0 Å². The first-order chi connectivity index (χ1) is 17.2. The fourth-order valence-corrected chi connectivity index (χ4v) is 5.44. The summed E-state index contributed by atoms with van der Waals surface area (Å²) in [5, 5.41) is 15.7. The van der Waals surface area contributed by atoms with Crippen molar-refractivity contribution in [2.45, 2.75) is 6.61 Å². The number of nitrogens with zero attached hydrogens (tertiary/aromatic N) is 3. The SMILES string of the molecule is COc1cc(/C=C2/C(=N)N3N=C(S(C)(=O)=O)SC3=NC2=O)ccc1OCc1cccc2ccccc12. The zero-order valence-corrected chi connectivity index (χ0v) is 20.9. The number of sulfone groups is 1. The standard InChI is InChI=1S/C25H20N4O5S2/c1-33-21-13-15(10-11-20(21)34-14-17-8-5-7-16-6-3-4-9-18(16)17)12-19-22(26)29-24(27-23(19)30)35-25(28-29)36(2,31)32/h3-13,26H,14H2,1-2H3/b19-12-,26-22?. The number of rotatable bonds is 5. The summed E-state index contributed by atoms with van der Waals surface area (Å²) in [6.07, 6.45) is 2.50. The third kappa shape index (κ3) is 4.50. The van der Waals surface area contributed by atoms with Gasteiger partial charge in [0.05, 0.1) is 12.7 Å². The molecule has 2 heterocycles. The number of hydrogen-bond donors (Lipinski definition) is 1. The van der Waals surface area contributed by atoms with E-state index in [4.69, 9.17) is 14.9 Å². The third-order valence-corrected chi connectivity index (χ3v) is 8.09. The number of carbonyl (C=O) groups is 1. The molecule has 0 aromatic heterocycles. The molecule has 1 amide bonds. The van der Waals surface area contributed by atoms with Crippen LogP contribution in [0, 0.1) is 5.41 Å². The number of fused-ring (bicyclic) bond motifs is 2. The number of amidine groups is 2. The lowest BCUT2D eigenvalue weighted by Gasteiger charge is -2.20. The van der Waals surface area contributed by atoms with Crippen LogP contribution in [0.4, 0.5) is 0 Å². The zero-order chi connectivity index (χ0) is 25.4. The summed E-state index contributed by atoms with van der Waals surface area (Å²) >= 11 is 0.742. The van der Waals surface area contributed by atoms with Crippen LogP contribution in [-0.2, 0) is 21.2 Å². The van der Waals surface area contributed by atoms with Crippen LogP contribution in [0.25, 0.3) is 16.8 Å². The van der Waals surface area contributed by atoms with Crippen LogP contribution < -0.4 is 9.47 Å². The topological polar surface area (TPSA) is 121 Å². The van der Waals surface area contributed by atoms with Gasteiger partial charge in [0.1, 0.15) is 6.61 Å². The Morgan fingerprint density at radius 3 is 2.64 bits per heavy atom. The Hall–Kier alpha value is -3.96. The Morgan fingerprint density at radius 1 is 1.08 bits per heavy atom.